The van der Waals surface area contributed by atoms with E-state index in [0.717, 1.165) is 41.0 Å². The molecular weight excluding hydrogens is 496 g/mol. The summed E-state index contributed by atoms with van der Waals surface area (Å²) < 4.78 is 0. The molecule has 0 spiro atoms. The largest absolute Gasteiger partial charge is 0.366 e. The number of rotatable bonds is 17. The molecule has 2 rings (SSSR count). The Morgan fingerprint density at radius 1 is 1.05 bits per heavy atom. The van der Waals surface area contributed by atoms with Gasteiger partial charge in [-0.1, -0.05) is 69.2 Å². The zero-order valence-electron chi connectivity index (χ0n) is 22.7. The lowest BCUT2D eigenvalue weighted by atomic mass is 10.00. The Labute approximate surface area is 230 Å². The Morgan fingerprint density at radius 3 is 2.31 bits per heavy atom. The molecule has 2 aromatic rings. The third-order valence-electron chi connectivity index (χ3n) is 6.19. The molecule has 0 fully saturated rings. The molecule has 39 heavy (non-hydrogen) atoms. The molecule has 0 aliphatic carbocycles. The molecule has 0 heterocycles. The second-order valence-electron chi connectivity index (χ2n) is 8.99. The van der Waals surface area contributed by atoms with E-state index in [9.17, 15) is 19.2 Å². The predicted molar refractivity (Wildman–Crippen MR) is 151 cm³/mol. The highest BCUT2D eigenvalue weighted by molar-refractivity contribution is 5.96. The Bertz CT molecular complexity index is 1180. The molecule has 4 N–H and O–H groups in total. The fraction of sp³-hybridized carbons (Fsp3) is 0.333. The number of benzene rings is 2. The van der Waals surface area contributed by atoms with Crippen LogP contribution in [0.25, 0.3) is 11.1 Å². The van der Waals surface area contributed by atoms with Gasteiger partial charge in [0.2, 0.25) is 18.2 Å². The Kier molecular flexibility index (Phi) is 13.2. The minimum atomic E-state index is -0.531. The van der Waals surface area contributed by atoms with Crippen LogP contribution in [0.5, 0.6) is 0 Å². The van der Waals surface area contributed by atoms with E-state index in [-0.39, 0.29) is 31.6 Å². The summed E-state index contributed by atoms with van der Waals surface area (Å²) in [4.78, 5) is 54.3. The minimum Gasteiger partial charge on any atom is -0.366 e. The van der Waals surface area contributed by atoms with Gasteiger partial charge in [0, 0.05) is 11.1 Å². The summed E-state index contributed by atoms with van der Waals surface area (Å²) in [6.45, 7) is 7.80. The number of unbranched alkanes of at least 4 members (excludes halogenated alkanes) is 2. The first-order valence-corrected chi connectivity index (χ1v) is 13.0. The fourth-order valence-corrected chi connectivity index (χ4v) is 3.86. The maximum atomic E-state index is 13.0. The topological polar surface area (TPSA) is 131 Å². The van der Waals surface area contributed by atoms with Crippen LogP contribution in [0.4, 0.5) is 0 Å². The van der Waals surface area contributed by atoms with Gasteiger partial charge in [-0.2, -0.15) is 0 Å². The van der Waals surface area contributed by atoms with Gasteiger partial charge in [0.1, 0.15) is 0 Å². The molecule has 0 aliphatic heterocycles. The van der Waals surface area contributed by atoms with Crippen LogP contribution >= 0.6 is 0 Å². The van der Waals surface area contributed by atoms with E-state index in [2.05, 4.69) is 24.1 Å². The van der Waals surface area contributed by atoms with Crippen molar-refractivity contribution in [2.45, 2.75) is 39.5 Å². The molecule has 1 atom stereocenters. The van der Waals surface area contributed by atoms with Crippen molar-refractivity contribution in [3.8, 4) is 11.1 Å². The van der Waals surface area contributed by atoms with Crippen molar-refractivity contribution >= 4 is 24.1 Å². The van der Waals surface area contributed by atoms with Crippen LogP contribution in [0, 0.1) is 5.92 Å². The normalized spacial score (nSPS) is 11.8. The number of primary amides is 1. The summed E-state index contributed by atoms with van der Waals surface area (Å²) in [6.07, 6.45) is 7.39. The summed E-state index contributed by atoms with van der Waals surface area (Å²) in [5.74, 6) is -1.69. The second kappa shape index (κ2) is 16.6. The molecule has 9 nitrogen and oxygen atoms in total. The predicted octanol–water partition coefficient (Wildman–Crippen LogP) is 3.97. The number of nitrogens with two attached hydrogens (primary N) is 1. The van der Waals surface area contributed by atoms with Crippen LogP contribution in [-0.2, 0) is 14.4 Å². The van der Waals surface area contributed by atoms with Crippen molar-refractivity contribution in [2.75, 3.05) is 19.8 Å². The lowest BCUT2D eigenvalue weighted by Gasteiger charge is -2.23. The zero-order chi connectivity index (χ0) is 28.6. The van der Waals surface area contributed by atoms with Crippen LogP contribution in [0.3, 0.4) is 0 Å². The Balaban J connectivity index is 1.99. The van der Waals surface area contributed by atoms with E-state index in [4.69, 9.17) is 10.6 Å². The van der Waals surface area contributed by atoms with E-state index >= 15 is 0 Å². The lowest BCUT2D eigenvalue weighted by molar-refractivity contribution is -0.173. The van der Waals surface area contributed by atoms with Crippen LogP contribution in [0.15, 0.2) is 72.8 Å². The number of hydrogen-bond donors (Lipinski definition) is 3. The summed E-state index contributed by atoms with van der Waals surface area (Å²) in [5, 5.41) is 6.58. The average Bonchev–Trinajstić information content (AvgIpc) is 2.96. The highest BCUT2D eigenvalue weighted by Crippen LogP contribution is 2.21. The molecule has 0 radical (unpaired) electrons. The number of nitrogens with one attached hydrogen (secondary N) is 2. The molecule has 4 amide bonds. The van der Waals surface area contributed by atoms with Crippen molar-refractivity contribution in [3.05, 3.63) is 84.0 Å². The molecule has 0 aliphatic rings. The van der Waals surface area contributed by atoms with E-state index in [1.165, 1.54) is 0 Å². The molecule has 0 bridgehead atoms. The lowest BCUT2D eigenvalue weighted by Crippen LogP contribution is -2.43. The maximum Gasteiger partial charge on any atom is 0.252 e. The molecular formula is C30H38N4O5. The molecule has 0 saturated carbocycles. The molecule has 0 aromatic heterocycles. The maximum absolute atomic E-state index is 13.0. The fourth-order valence-electron chi connectivity index (χ4n) is 3.86. The second-order valence-corrected chi connectivity index (χ2v) is 8.99. The van der Waals surface area contributed by atoms with Crippen LogP contribution in [0.1, 0.15) is 60.2 Å². The summed E-state index contributed by atoms with van der Waals surface area (Å²) in [5.41, 5.74) is 8.47. The van der Waals surface area contributed by atoms with Crippen LogP contribution < -0.4 is 16.4 Å². The van der Waals surface area contributed by atoms with E-state index in [1.54, 1.807) is 42.5 Å². The molecule has 208 valence electrons. The van der Waals surface area contributed by atoms with Crippen molar-refractivity contribution in [1.29, 1.82) is 0 Å². The van der Waals surface area contributed by atoms with Gasteiger partial charge in [0.05, 0.1) is 25.7 Å². The summed E-state index contributed by atoms with van der Waals surface area (Å²) in [7, 11) is 0. The number of amides is 4. The van der Waals surface area contributed by atoms with Crippen LogP contribution in [-0.4, -0.2) is 49.0 Å². The van der Waals surface area contributed by atoms with Gasteiger partial charge in [-0.25, -0.2) is 5.06 Å². The number of carbonyl (C=O) groups excluding carboxylic acids is 4. The monoisotopic (exact) mass is 534 g/mol. The van der Waals surface area contributed by atoms with Gasteiger partial charge in [0.25, 0.3) is 5.91 Å². The van der Waals surface area contributed by atoms with Gasteiger partial charge >= 0.3 is 0 Å². The quantitative estimate of drug-likeness (QED) is 0.0929. The van der Waals surface area contributed by atoms with Crippen LogP contribution in [0.2, 0.25) is 0 Å². The highest BCUT2D eigenvalue weighted by Gasteiger charge is 2.22. The summed E-state index contributed by atoms with van der Waals surface area (Å²) >= 11 is 0. The van der Waals surface area contributed by atoms with Crippen molar-refractivity contribution in [1.82, 2.24) is 15.7 Å². The third kappa shape index (κ3) is 10.2. The average molecular weight is 535 g/mol. The zero-order valence-corrected chi connectivity index (χ0v) is 22.7. The van der Waals surface area contributed by atoms with E-state index < -0.39 is 11.8 Å². The first-order chi connectivity index (χ1) is 18.8. The van der Waals surface area contributed by atoms with Crippen molar-refractivity contribution in [2.24, 2.45) is 11.7 Å². The third-order valence-corrected chi connectivity index (χ3v) is 6.19. The van der Waals surface area contributed by atoms with Gasteiger partial charge < -0.3 is 16.4 Å². The number of hydrogen-bond acceptors (Lipinski definition) is 5. The van der Waals surface area contributed by atoms with Gasteiger partial charge in [-0.3, -0.25) is 24.0 Å². The molecule has 9 heteroatoms. The molecule has 2 aromatic carbocycles. The van der Waals surface area contributed by atoms with Crippen molar-refractivity contribution in [3.63, 3.8) is 0 Å². The SMILES string of the molecule is C=C/C(=C\C)CON(C=O)C[C@@H](CCCCC)C(=O)NCNC(=O)c1cccc(-c2cccc(C(N)=O)c2)c1. The minimum absolute atomic E-state index is 0.0789. The van der Waals surface area contributed by atoms with Gasteiger partial charge in [-0.15, -0.1) is 0 Å². The highest BCUT2D eigenvalue weighted by atomic mass is 16.7. The standard InChI is InChI=1S/C30H38N4O5/c1-4-7-8-11-27(18-34(21-35)39-19-22(5-2)6-3)30(38)33-20-32-29(37)26-15-10-13-24(17-26)23-12-9-14-25(16-23)28(31)36/h5-6,9-10,12-17,21,27H,2,4,7-8,11,18-20H2,1,3H3,(H2,31,36)(H,32,37)(H,33,38)/b22-6+/t27-/m1/s1. The van der Waals surface area contributed by atoms with E-state index in [0.29, 0.717) is 24.0 Å². The number of carbonyl (C=O) groups is 4. The number of nitrogens with zero attached hydrogens (tertiary/aromatic N) is 1. The first kappa shape index (κ1) is 31.0. The molecule has 0 saturated heterocycles. The Morgan fingerprint density at radius 2 is 1.72 bits per heavy atom. The summed E-state index contributed by atoms with van der Waals surface area (Å²) in [6, 6.07) is 13.8. The first-order valence-electron chi connectivity index (χ1n) is 13.0. The van der Waals surface area contributed by atoms with Gasteiger partial charge in [0.15, 0.2) is 0 Å². The van der Waals surface area contributed by atoms with E-state index in [1.807, 2.05) is 25.1 Å². The molecule has 0 unspecified atom stereocenters. The van der Waals surface area contributed by atoms with Gasteiger partial charge in [-0.05, 0) is 54.3 Å². The smallest absolute Gasteiger partial charge is 0.252 e. The number of allylic oxidation sites excluding steroid dienone is 1. The Hall–Kier alpha value is -4.24. The van der Waals surface area contributed by atoms with Crippen molar-refractivity contribution < 1.29 is 24.0 Å². The number of hydroxylamine groups is 2.